The molecule has 9 nitrogen and oxygen atoms in total. The Bertz CT molecular complexity index is 885. The molecule has 1 aromatic rings. The molecule has 2 aliphatic heterocycles. The highest BCUT2D eigenvalue weighted by atomic mass is 32.2. The van der Waals surface area contributed by atoms with Gasteiger partial charge in [-0.2, -0.15) is 0 Å². The SMILES string of the molecule is COc1ccccc1CCN1C(=O)N[C@H](CC(=O)N[C@H]2CCS(=O)(=O)C2)C1=O. The van der Waals surface area contributed by atoms with Crippen molar-refractivity contribution >= 4 is 27.7 Å². The Morgan fingerprint density at radius 3 is 2.75 bits per heavy atom. The van der Waals surface area contributed by atoms with E-state index in [0.29, 0.717) is 18.6 Å². The predicted molar refractivity (Wildman–Crippen MR) is 101 cm³/mol. The van der Waals surface area contributed by atoms with Gasteiger partial charge < -0.3 is 15.4 Å². The summed E-state index contributed by atoms with van der Waals surface area (Å²) in [5.41, 5.74) is 0.870. The summed E-state index contributed by atoms with van der Waals surface area (Å²) in [4.78, 5) is 37.9. The Morgan fingerprint density at radius 2 is 2.07 bits per heavy atom. The lowest BCUT2D eigenvalue weighted by atomic mass is 10.1. The third-order valence-electron chi connectivity index (χ3n) is 4.89. The molecule has 28 heavy (non-hydrogen) atoms. The molecule has 0 saturated carbocycles. The van der Waals surface area contributed by atoms with Crippen LogP contribution in [0.15, 0.2) is 24.3 Å². The molecule has 1 aromatic carbocycles. The first-order valence-electron chi connectivity index (χ1n) is 9.02. The summed E-state index contributed by atoms with van der Waals surface area (Å²) in [7, 11) is -1.55. The van der Waals surface area contributed by atoms with Gasteiger partial charge >= 0.3 is 6.03 Å². The normalized spacial score (nSPS) is 23.5. The molecule has 0 unspecified atom stereocenters. The second kappa shape index (κ2) is 8.17. The number of ether oxygens (including phenoxy) is 1. The standard InChI is InChI=1S/C18H23N3O6S/c1-27-15-5-3-2-4-12(15)6-8-21-17(23)14(20-18(21)24)10-16(22)19-13-7-9-28(25,26)11-13/h2-5,13-14H,6-11H2,1H3,(H,19,22)(H,20,24)/t13-,14+/m0/s1. The summed E-state index contributed by atoms with van der Waals surface area (Å²) < 4.78 is 28.2. The summed E-state index contributed by atoms with van der Waals surface area (Å²) in [5.74, 6) is -0.277. The number of benzene rings is 1. The molecule has 3 rings (SSSR count). The van der Waals surface area contributed by atoms with Gasteiger partial charge in [0.2, 0.25) is 5.91 Å². The lowest BCUT2D eigenvalue weighted by Crippen LogP contribution is -2.41. The van der Waals surface area contributed by atoms with E-state index in [9.17, 15) is 22.8 Å². The lowest BCUT2D eigenvalue weighted by molar-refractivity contribution is -0.131. The van der Waals surface area contributed by atoms with E-state index >= 15 is 0 Å². The zero-order chi connectivity index (χ0) is 20.3. The van der Waals surface area contributed by atoms with Gasteiger partial charge in [0, 0.05) is 12.6 Å². The van der Waals surface area contributed by atoms with Gasteiger partial charge in [-0.25, -0.2) is 13.2 Å². The van der Waals surface area contributed by atoms with Crippen LogP contribution >= 0.6 is 0 Å². The second-order valence-electron chi connectivity index (χ2n) is 6.93. The largest absolute Gasteiger partial charge is 0.496 e. The van der Waals surface area contributed by atoms with E-state index in [4.69, 9.17) is 4.74 Å². The number of amides is 4. The van der Waals surface area contributed by atoms with Crippen LogP contribution in [0.4, 0.5) is 4.79 Å². The number of hydrogen-bond acceptors (Lipinski definition) is 6. The number of carbonyl (C=O) groups excluding carboxylic acids is 3. The van der Waals surface area contributed by atoms with E-state index in [1.807, 2.05) is 18.2 Å². The molecule has 10 heteroatoms. The number of nitrogens with zero attached hydrogens (tertiary/aromatic N) is 1. The fraction of sp³-hybridized carbons (Fsp3) is 0.500. The maximum absolute atomic E-state index is 12.5. The predicted octanol–water partition coefficient (Wildman–Crippen LogP) is -0.148. The average Bonchev–Trinajstić information content (AvgIpc) is 3.11. The zero-order valence-corrected chi connectivity index (χ0v) is 16.3. The van der Waals surface area contributed by atoms with Gasteiger partial charge in [-0.1, -0.05) is 18.2 Å². The Kier molecular flexibility index (Phi) is 5.87. The molecule has 152 valence electrons. The minimum absolute atomic E-state index is 0.0494. The first-order chi connectivity index (χ1) is 13.3. The molecule has 0 aliphatic carbocycles. The number of nitrogens with one attached hydrogen (secondary N) is 2. The summed E-state index contributed by atoms with van der Waals surface area (Å²) >= 11 is 0. The zero-order valence-electron chi connectivity index (χ0n) is 15.5. The Balaban J connectivity index is 1.53. The molecule has 4 amide bonds. The first kappa shape index (κ1) is 20.1. The van der Waals surface area contributed by atoms with Crippen LogP contribution in [-0.4, -0.2) is 68.4 Å². The molecule has 0 radical (unpaired) electrons. The number of urea groups is 1. The van der Waals surface area contributed by atoms with Crippen molar-refractivity contribution in [3.05, 3.63) is 29.8 Å². The third kappa shape index (κ3) is 4.61. The van der Waals surface area contributed by atoms with Crippen molar-refractivity contribution in [3.63, 3.8) is 0 Å². The number of imide groups is 1. The molecular weight excluding hydrogens is 386 g/mol. The Labute approximate surface area is 163 Å². The van der Waals surface area contributed by atoms with E-state index < -0.39 is 39.8 Å². The van der Waals surface area contributed by atoms with Crippen molar-refractivity contribution in [1.29, 1.82) is 0 Å². The van der Waals surface area contributed by atoms with Gasteiger partial charge in [0.25, 0.3) is 5.91 Å². The summed E-state index contributed by atoms with van der Waals surface area (Å²) in [5, 5.41) is 5.15. The summed E-state index contributed by atoms with van der Waals surface area (Å²) in [6.45, 7) is 0.171. The minimum atomic E-state index is -3.11. The van der Waals surface area contributed by atoms with Crippen LogP contribution in [0, 0.1) is 0 Å². The highest BCUT2D eigenvalue weighted by Gasteiger charge is 2.39. The number of para-hydroxylation sites is 1. The smallest absolute Gasteiger partial charge is 0.324 e. The van der Waals surface area contributed by atoms with Crippen LogP contribution in [-0.2, 0) is 25.8 Å². The van der Waals surface area contributed by atoms with Gasteiger partial charge in [0.1, 0.15) is 11.8 Å². The van der Waals surface area contributed by atoms with Crippen LogP contribution in [0.1, 0.15) is 18.4 Å². The second-order valence-corrected chi connectivity index (χ2v) is 9.15. The fourth-order valence-electron chi connectivity index (χ4n) is 3.45. The Morgan fingerprint density at radius 1 is 1.32 bits per heavy atom. The molecular formula is C18H23N3O6S. The monoisotopic (exact) mass is 409 g/mol. The topological polar surface area (TPSA) is 122 Å². The van der Waals surface area contributed by atoms with Crippen molar-refractivity contribution in [2.75, 3.05) is 25.2 Å². The number of methoxy groups -OCH3 is 1. The van der Waals surface area contributed by atoms with E-state index in [1.165, 1.54) is 0 Å². The van der Waals surface area contributed by atoms with E-state index in [2.05, 4.69) is 10.6 Å². The van der Waals surface area contributed by atoms with Gasteiger partial charge in [-0.3, -0.25) is 14.5 Å². The summed E-state index contributed by atoms with van der Waals surface area (Å²) in [6, 6.07) is 5.42. The van der Waals surface area contributed by atoms with Crippen molar-refractivity contribution in [1.82, 2.24) is 15.5 Å². The quantitative estimate of drug-likeness (QED) is 0.604. The molecule has 2 aliphatic rings. The molecule has 0 bridgehead atoms. The molecule has 2 fully saturated rings. The number of rotatable bonds is 7. The molecule has 2 atom stereocenters. The lowest BCUT2D eigenvalue weighted by Gasteiger charge is -2.15. The van der Waals surface area contributed by atoms with E-state index in [0.717, 1.165) is 10.5 Å². The van der Waals surface area contributed by atoms with Crippen molar-refractivity contribution in [2.45, 2.75) is 31.3 Å². The maximum Gasteiger partial charge on any atom is 0.324 e. The maximum atomic E-state index is 12.5. The van der Waals surface area contributed by atoms with E-state index in [1.54, 1.807) is 13.2 Å². The average molecular weight is 409 g/mol. The molecule has 2 N–H and O–H groups in total. The van der Waals surface area contributed by atoms with Crippen LogP contribution in [0.5, 0.6) is 5.75 Å². The van der Waals surface area contributed by atoms with Crippen molar-refractivity contribution in [3.8, 4) is 5.75 Å². The van der Waals surface area contributed by atoms with Gasteiger partial charge in [0.05, 0.1) is 25.0 Å². The van der Waals surface area contributed by atoms with Gasteiger partial charge in [-0.15, -0.1) is 0 Å². The van der Waals surface area contributed by atoms with Gasteiger partial charge in [-0.05, 0) is 24.5 Å². The number of sulfone groups is 1. The fourth-order valence-corrected chi connectivity index (χ4v) is 5.12. The van der Waals surface area contributed by atoms with E-state index in [-0.39, 0.29) is 24.5 Å². The van der Waals surface area contributed by atoms with Crippen LogP contribution in [0.2, 0.25) is 0 Å². The molecule has 2 heterocycles. The molecule has 2 saturated heterocycles. The third-order valence-corrected chi connectivity index (χ3v) is 6.66. The van der Waals surface area contributed by atoms with Crippen LogP contribution in [0.3, 0.4) is 0 Å². The van der Waals surface area contributed by atoms with Crippen molar-refractivity contribution in [2.24, 2.45) is 0 Å². The van der Waals surface area contributed by atoms with Crippen LogP contribution in [0.25, 0.3) is 0 Å². The molecule has 0 spiro atoms. The summed E-state index contributed by atoms with van der Waals surface area (Å²) in [6.07, 6.45) is 0.582. The minimum Gasteiger partial charge on any atom is -0.496 e. The highest BCUT2D eigenvalue weighted by molar-refractivity contribution is 7.91. The van der Waals surface area contributed by atoms with Crippen molar-refractivity contribution < 1.29 is 27.5 Å². The highest BCUT2D eigenvalue weighted by Crippen LogP contribution is 2.19. The first-order valence-corrected chi connectivity index (χ1v) is 10.8. The molecule has 0 aromatic heterocycles. The number of carbonyl (C=O) groups is 3. The van der Waals surface area contributed by atoms with Gasteiger partial charge in [0.15, 0.2) is 9.84 Å². The Hall–Kier alpha value is -2.62. The van der Waals surface area contributed by atoms with Crippen LogP contribution < -0.4 is 15.4 Å². The number of hydrogen-bond donors (Lipinski definition) is 2.